The van der Waals surface area contributed by atoms with Gasteiger partial charge >= 0.3 is 12.1 Å². The van der Waals surface area contributed by atoms with Crippen LogP contribution in [-0.2, 0) is 4.79 Å². The zero-order valence-electron chi connectivity index (χ0n) is 11.9. The van der Waals surface area contributed by atoms with Gasteiger partial charge in [0, 0.05) is 10.8 Å². The highest BCUT2D eigenvalue weighted by Crippen LogP contribution is 2.30. The number of thioether (sulfide) groups is 1. The van der Waals surface area contributed by atoms with Crippen LogP contribution in [0.25, 0.3) is 0 Å². The molecule has 0 spiro atoms. The number of rotatable bonds is 2. The summed E-state index contributed by atoms with van der Waals surface area (Å²) in [7, 11) is 0. The summed E-state index contributed by atoms with van der Waals surface area (Å²) < 4.78 is 32.1. The second-order valence-electron chi connectivity index (χ2n) is 4.89. The summed E-state index contributed by atoms with van der Waals surface area (Å²) in [4.78, 5) is 21.0. The van der Waals surface area contributed by atoms with Crippen molar-refractivity contribution in [1.82, 2.24) is 0 Å². The summed E-state index contributed by atoms with van der Waals surface area (Å²) >= 11 is 1.53. The first-order chi connectivity index (χ1) is 10.3. The molecule has 2 N–H and O–H groups in total. The van der Waals surface area contributed by atoms with Crippen LogP contribution in [0.2, 0.25) is 0 Å². The number of amides is 1. The highest BCUT2D eigenvalue weighted by Gasteiger charge is 2.35. The number of halogens is 3. The number of alkyl halides is 3. The third-order valence-corrected chi connectivity index (χ3v) is 4.37. The summed E-state index contributed by atoms with van der Waals surface area (Å²) in [5.74, 6) is -2.26. The lowest BCUT2D eigenvalue weighted by Gasteiger charge is -2.19. The van der Waals surface area contributed by atoms with Crippen molar-refractivity contribution in [2.24, 2.45) is 5.73 Å². The second kappa shape index (κ2) is 8.82. The van der Waals surface area contributed by atoms with Crippen LogP contribution in [0.3, 0.4) is 0 Å². The highest BCUT2D eigenvalue weighted by atomic mass is 32.2. The van der Waals surface area contributed by atoms with Crippen LogP contribution >= 0.6 is 11.8 Å². The molecule has 1 aliphatic carbocycles. The molecule has 0 radical (unpaired) electrons. The predicted octanol–water partition coefficient (Wildman–Crippen LogP) is 3.93. The van der Waals surface area contributed by atoms with Gasteiger partial charge in [0.25, 0.3) is 0 Å². The van der Waals surface area contributed by atoms with Crippen LogP contribution in [-0.4, -0.2) is 22.4 Å². The van der Waals surface area contributed by atoms with Crippen LogP contribution in [0.5, 0.6) is 0 Å². The van der Waals surface area contributed by atoms with Crippen LogP contribution in [0, 0.1) is 0 Å². The molecule has 0 heterocycles. The van der Waals surface area contributed by atoms with E-state index in [4.69, 9.17) is 4.79 Å². The van der Waals surface area contributed by atoms with Crippen molar-refractivity contribution in [3.05, 3.63) is 35.9 Å². The van der Waals surface area contributed by atoms with Gasteiger partial charge in [-0.2, -0.15) is 13.2 Å². The average molecular weight is 333 g/mol. The van der Waals surface area contributed by atoms with Crippen LogP contribution in [0.1, 0.15) is 42.5 Å². The number of hydrogen-bond donors (Lipinski definition) is 1. The van der Waals surface area contributed by atoms with E-state index in [1.807, 2.05) is 30.3 Å². The van der Waals surface area contributed by atoms with Crippen molar-refractivity contribution in [3.63, 3.8) is 0 Å². The van der Waals surface area contributed by atoms with Crippen molar-refractivity contribution < 1.29 is 22.8 Å². The molecular weight excluding hydrogens is 315 g/mol. The minimum atomic E-state index is -4.86. The Balaban J connectivity index is 0.000000295. The molecule has 1 aromatic carbocycles. The van der Waals surface area contributed by atoms with E-state index in [9.17, 15) is 18.0 Å². The lowest BCUT2D eigenvalue weighted by Crippen LogP contribution is -2.30. The fourth-order valence-corrected chi connectivity index (χ4v) is 3.12. The number of benzene rings is 1. The summed E-state index contributed by atoms with van der Waals surface area (Å²) in [5, 5.41) is 0.800. The smallest absolute Gasteiger partial charge is 0.362 e. The highest BCUT2D eigenvalue weighted by molar-refractivity contribution is 8.14. The summed E-state index contributed by atoms with van der Waals surface area (Å²) in [6.07, 6.45) is 1.49. The Hall–Kier alpha value is -1.50. The third-order valence-electron chi connectivity index (χ3n) is 3.11. The molecule has 0 aliphatic heterocycles. The van der Waals surface area contributed by atoms with Crippen molar-refractivity contribution in [3.8, 4) is 0 Å². The number of carbonyl (C=O) groups excluding carboxylic acids is 2. The number of carbonyl (C=O) groups is 2. The lowest BCUT2D eigenvalue weighted by molar-refractivity contribution is -0.169. The van der Waals surface area contributed by atoms with E-state index in [1.54, 1.807) is 0 Å². The average Bonchev–Trinajstić information content (AvgIpc) is 2.49. The Morgan fingerprint density at radius 1 is 1.05 bits per heavy atom. The van der Waals surface area contributed by atoms with E-state index in [2.05, 4.69) is 5.73 Å². The molecule has 0 unspecified atom stereocenters. The molecule has 0 atom stereocenters. The Morgan fingerprint density at radius 3 is 2.00 bits per heavy atom. The van der Waals surface area contributed by atoms with Gasteiger partial charge in [-0.05, 0) is 12.8 Å². The van der Waals surface area contributed by atoms with Crippen LogP contribution in [0.4, 0.5) is 13.2 Å². The van der Waals surface area contributed by atoms with Gasteiger partial charge in [-0.3, -0.25) is 9.59 Å². The maximum Gasteiger partial charge on any atom is 0.470 e. The fourth-order valence-electron chi connectivity index (χ4n) is 1.98. The van der Waals surface area contributed by atoms with Gasteiger partial charge in [0.1, 0.15) is 0 Å². The molecule has 1 aromatic rings. The maximum atomic E-state index is 11.9. The van der Waals surface area contributed by atoms with Gasteiger partial charge in [0.05, 0.1) is 0 Å². The first kappa shape index (κ1) is 18.5. The molecule has 1 aliphatic rings. The molecule has 22 heavy (non-hydrogen) atoms. The van der Waals surface area contributed by atoms with E-state index in [0.717, 1.165) is 5.56 Å². The number of primary amides is 1. The van der Waals surface area contributed by atoms with Gasteiger partial charge in [-0.1, -0.05) is 61.4 Å². The van der Waals surface area contributed by atoms with Crippen molar-refractivity contribution >= 4 is 22.8 Å². The lowest BCUT2D eigenvalue weighted by atomic mass is 10.0. The van der Waals surface area contributed by atoms with E-state index >= 15 is 0 Å². The fraction of sp³-hybridized carbons (Fsp3) is 0.467. The van der Waals surface area contributed by atoms with Gasteiger partial charge in [-0.25, -0.2) is 0 Å². The van der Waals surface area contributed by atoms with E-state index in [-0.39, 0.29) is 5.12 Å². The molecule has 1 fully saturated rings. The first-order valence-electron chi connectivity index (χ1n) is 6.93. The predicted molar refractivity (Wildman–Crippen MR) is 80.5 cm³/mol. The topological polar surface area (TPSA) is 60.2 Å². The molecular formula is C15H18F3NO2S. The van der Waals surface area contributed by atoms with Gasteiger partial charge in [0.2, 0.25) is 5.12 Å². The SMILES string of the molecule is NC(=O)C(F)(F)F.O=C(SC1CCCCC1)c1ccccc1. The Bertz CT molecular complexity index is 485. The normalized spacial score (nSPS) is 15.6. The largest absolute Gasteiger partial charge is 0.470 e. The molecule has 2 rings (SSSR count). The number of hydrogen-bond acceptors (Lipinski definition) is 3. The van der Waals surface area contributed by atoms with Gasteiger partial charge in [-0.15, -0.1) is 0 Å². The van der Waals surface area contributed by atoms with E-state index in [0.29, 0.717) is 5.25 Å². The Morgan fingerprint density at radius 2 is 1.55 bits per heavy atom. The van der Waals surface area contributed by atoms with Crippen LogP contribution < -0.4 is 5.73 Å². The second-order valence-corrected chi connectivity index (χ2v) is 6.17. The molecule has 1 amide bonds. The molecule has 1 saturated carbocycles. The molecule has 122 valence electrons. The van der Waals surface area contributed by atoms with Crippen molar-refractivity contribution in [1.29, 1.82) is 0 Å². The molecule has 0 aromatic heterocycles. The molecule has 0 saturated heterocycles. The summed E-state index contributed by atoms with van der Waals surface area (Å²) in [6.45, 7) is 0. The summed E-state index contributed by atoms with van der Waals surface area (Å²) in [6, 6.07) is 9.60. The summed E-state index contributed by atoms with van der Waals surface area (Å²) in [5.41, 5.74) is 4.65. The van der Waals surface area contributed by atoms with E-state index in [1.165, 1.54) is 43.9 Å². The number of nitrogens with two attached hydrogens (primary N) is 1. The Kier molecular flexibility index (Phi) is 7.44. The van der Waals surface area contributed by atoms with Crippen molar-refractivity contribution in [2.45, 2.75) is 43.5 Å². The maximum absolute atomic E-state index is 11.9. The molecule has 7 heteroatoms. The van der Waals surface area contributed by atoms with Crippen LogP contribution in [0.15, 0.2) is 30.3 Å². The Labute approximate surface area is 131 Å². The minimum absolute atomic E-state index is 0.238. The van der Waals surface area contributed by atoms with Gasteiger partial charge in [0.15, 0.2) is 0 Å². The first-order valence-corrected chi connectivity index (χ1v) is 7.81. The zero-order chi connectivity index (χ0) is 16.6. The van der Waals surface area contributed by atoms with E-state index < -0.39 is 12.1 Å². The standard InChI is InChI=1S/C13H16OS.C2H2F3NO/c14-13(11-7-3-1-4-8-11)15-12-9-5-2-6-10-12;3-2(4,5)1(6)7/h1,3-4,7-8,12H,2,5-6,9-10H2;(H2,6,7). The quantitative estimate of drug-likeness (QED) is 0.892. The zero-order valence-corrected chi connectivity index (χ0v) is 12.8. The van der Waals surface area contributed by atoms with Gasteiger partial charge < -0.3 is 5.73 Å². The minimum Gasteiger partial charge on any atom is -0.362 e. The molecule has 0 bridgehead atoms. The molecule has 3 nitrogen and oxygen atoms in total. The third kappa shape index (κ3) is 6.98. The monoisotopic (exact) mass is 333 g/mol. The van der Waals surface area contributed by atoms with Crippen molar-refractivity contribution in [2.75, 3.05) is 0 Å².